The SMILES string of the molecule is Nc1c(F)cc(Sc2cc(F)c(N)c(F)c2)cc1F. The second kappa shape index (κ2) is 5.00. The van der Waals surface area contributed by atoms with Crippen LogP contribution in [0.15, 0.2) is 34.1 Å². The van der Waals surface area contributed by atoms with E-state index in [-0.39, 0.29) is 9.79 Å². The molecule has 2 nitrogen and oxygen atoms in total. The zero-order valence-electron chi connectivity index (χ0n) is 9.38. The van der Waals surface area contributed by atoms with E-state index in [1.807, 2.05) is 0 Å². The molecule has 0 saturated heterocycles. The molecule has 0 heterocycles. The summed E-state index contributed by atoms with van der Waals surface area (Å²) in [5.74, 6) is -3.73. The summed E-state index contributed by atoms with van der Waals surface area (Å²) >= 11 is 0.791. The molecule has 0 spiro atoms. The van der Waals surface area contributed by atoms with E-state index in [1.165, 1.54) is 0 Å². The summed E-state index contributed by atoms with van der Waals surface area (Å²) in [6, 6.07) is 3.93. The summed E-state index contributed by atoms with van der Waals surface area (Å²) < 4.78 is 52.9. The van der Waals surface area contributed by atoms with Gasteiger partial charge < -0.3 is 11.5 Å². The van der Waals surface area contributed by atoms with Crippen LogP contribution in [-0.4, -0.2) is 0 Å². The summed E-state index contributed by atoms with van der Waals surface area (Å²) in [6.45, 7) is 0. The molecule has 0 amide bonds. The molecule has 4 N–H and O–H groups in total. The molecule has 0 unspecified atom stereocenters. The first-order chi connectivity index (χ1) is 8.88. The molecule has 0 radical (unpaired) electrons. The molecular weight excluding hydrogens is 280 g/mol. The molecule has 7 heteroatoms. The predicted octanol–water partition coefficient (Wildman–Crippen LogP) is 3.56. The highest BCUT2D eigenvalue weighted by atomic mass is 32.2. The van der Waals surface area contributed by atoms with Gasteiger partial charge in [0.1, 0.15) is 34.6 Å². The Hall–Kier alpha value is -1.89. The Morgan fingerprint density at radius 2 is 0.895 bits per heavy atom. The molecule has 0 aromatic heterocycles. The van der Waals surface area contributed by atoms with Crippen LogP contribution in [0.5, 0.6) is 0 Å². The number of hydrogen-bond acceptors (Lipinski definition) is 3. The van der Waals surface area contributed by atoms with Crippen LogP contribution in [-0.2, 0) is 0 Å². The largest absolute Gasteiger partial charge is 0.394 e. The van der Waals surface area contributed by atoms with E-state index in [1.54, 1.807) is 0 Å². The minimum Gasteiger partial charge on any atom is -0.394 e. The maximum absolute atomic E-state index is 13.2. The van der Waals surface area contributed by atoms with Gasteiger partial charge in [0.25, 0.3) is 0 Å². The van der Waals surface area contributed by atoms with Crippen LogP contribution in [0.4, 0.5) is 28.9 Å². The topological polar surface area (TPSA) is 52.0 Å². The van der Waals surface area contributed by atoms with E-state index < -0.39 is 34.6 Å². The lowest BCUT2D eigenvalue weighted by Gasteiger charge is -2.06. The average Bonchev–Trinajstić information content (AvgIpc) is 2.33. The fourth-order valence-corrected chi connectivity index (χ4v) is 2.30. The molecule has 0 bridgehead atoms. The summed E-state index contributed by atoms with van der Waals surface area (Å²) in [5.41, 5.74) is 9.04. The second-order valence-corrected chi connectivity index (χ2v) is 4.85. The van der Waals surface area contributed by atoms with Gasteiger partial charge in [-0.2, -0.15) is 0 Å². The summed E-state index contributed by atoms with van der Waals surface area (Å²) in [4.78, 5) is 0.264. The Morgan fingerprint density at radius 3 is 1.16 bits per heavy atom. The number of nitrogens with two attached hydrogens (primary N) is 2. The van der Waals surface area contributed by atoms with Crippen molar-refractivity contribution >= 4 is 23.1 Å². The Bertz CT molecular complexity index is 544. The molecule has 0 aliphatic heterocycles. The van der Waals surface area contributed by atoms with Crippen LogP contribution in [0.1, 0.15) is 0 Å². The molecular formula is C12H8F4N2S. The summed E-state index contributed by atoms with van der Waals surface area (Å²) in [5, 5.41) is 0. The number of rotatable bonds is 2. The third kappa shape index (κ3) is 2.76. The molecule has 2 rings (SSSR count). The van der Waals surface area contributed by atoms with Crippen molar-refractivity contribution in [3.05, 3.63) is 47.5 Å². The van der Waals surface area contributed by atoms with Crippen molar-refractivity contribution < 1.29 is 17.6 Å². The van der Waals surface area contributed by atoms with Crippen LogP contribution < -0.4 is 11.5 Å². The predicted molar refractivity (Wildman–Crippen MR) is 65.7 cm³/mol. The average molecular weight is 288 g/mol. The van der Waals surface area contributed by atoms with Gasteiger partial charge >= 0.3 is 0 Å². The summed E-state index contributed by atoms with van der Waals surface area (Å²) in [6.07, 6.45) is 0. The van der Waals surface area contributed by atoms with E-state index in [4.69, 9.17) is 11.5 Å². The highest BCUT2D eigenvalue weighted by Gasteiger charge is 2.12. The lowest BCUT2D eigenvalue weighted by molar-refractivity contribution is 0.585. The second-order valence-electron chi connectivity index (χ2n) is 3.70. The highest BCUT2D eigenvalue weighted by molar-refractivity contribution is 7.99. The first kappa shape index (κ1) is 13.5. The highest BCUT2D eigenvalue weighted by Crippen LogP contribution is 2.33. The van der Waals surface area contributed by atoms with Gasteiger partial charge in [-0.1, -0.05) is 11.8 Å². The fraction of sp³-hybridized carbons (Fsp3) is 0. The Morgan fingerprint density at radius 1 is 0.632 bits per heavy atom. The third-order valence-electron chi connectivity index (χ3n) is 2.34. The van der Waals surface area contributed by atoms with Crippen molar-refractivity contribution in [2.45, 2.75) is 9.79 Å². The Balaban J connectivity index is 2.36. The molecule has 2 aromatic carbocycles. The number of nitrogen functional groups attached to an aromatic ring is 2. The van der Waals surface area contributed by atoms with Crippen molar-refractivity contribution in [3.8, 4) is 0 Å². The van der Waals surface area contributed by atoms with Crippen molar-refractivity contribution in [2.24, 2.45) is 0 Å². The molecule has 100 valence electrons. The van der Waals surface area contributed by atoms with Gasteiger partial charge in [0, 0.05) is 9.79 Å². The number of anilines is 2. The smallest absolute Gasteiger partial charge is 0.150 e. The van der Waals surface area contributed by atoms with Crippen molar-refractivity contribution in [2.75, 3.05) is 11.5 Å². The number of halogens is 4. The molecule has 0 aliphatic rings. The van der Waals surface area contributed by atoms with E-state index in [2.05, 4.69) is 0 Å². The quantitative estimate of drug-likeness (QED) is 0.656. The van der Waals surface area contributed by atoms with Crippen molar-refractivity contribution in [1.29, 1.82) is 0 Å². The van der Waals surface area contributed by atoms with Crippen LogP contribution in [0.25, 0.3) is 0 Å². The Kier molecular flexibility index (Phi) is 3.57. The van der Waals surface area contributed by atoms with Gasteiger partial charge in [0.15, 0.2) is 0 Å². The van der Waals surface area contributed by atoms with E-state index in [9.17, 15) is 17.6 Å². The fourth-order valence-electron chi connectivity index (χ4n) is 1.38. The monoisotopic (exact) mass is 288 g/mol. The van der Waals surface area contributed by atoms with Gasteiger partial charge in [0.05, 0.1) is 0 Å². The lowest BCUT2D eigenvalue weighted by atomic mass is 10.3. The Labute approximate surface area is 110 Å². The van der Waals surface area contributed by atoms with Crippen molar-refractivity contribution in [3.63, 3.8) is 0 Å². The van der Waals surface area contributed by atoms with Crippen molar-refractivity contribution in [1.82, 2.24) is 0 Å². The first-order valence-corrected chi connectivity index (χ1v) is 5.87. The van der Waals surface area contributed by atoms with Gasteiger partial charge in [-0.3, -0.25) is 0 Å². The molecule has 0 fully saturated rings. The molecule has 0 saturated carbocycles. The number of benzene rings is 2. The van der Waals surface area contributed by atoms with Gasteiger partial charge in [-0.05, 0) is 24.3 Å². The molecule has 0 atom stereocenters. The summed E-state index contributed by atoms with van der Waals surface area (Å²) in [7, 11) is 0. The number of hydrogen-bond donors (Lipinski definition) is 2. The zero-order chi connectivity index (χ0) is 14.2. The van der Waals surface area contributed by atoms with E-state index in [0.29, 0.717) is 0 Å². The van der Waals surface area contributed by atoms with Crippen LogP contribution in [0.3, 0.4) is 0 Å². The van der Waals surface area contributed by atoms with Gasteiger partial charge in [-0.25, -0.2) is 17.6 Å². The van der Waals surface area contributed by atoms with Crippen LogP contribution >= 0.6 is 11.8 Å². The third-order valence-corrected chi connectivity index (χ3v) is 3.28. The first-order valence-electron chi connectivity index (χ1n) is 5.05. The maximum Gasteiger partial charge on any atom is 0.150 e. The lowest BCUT2D eigenvalue weighted by Crippen LogP contribution is -1.97. The van der Waals surface area contributed by atoms with E-state index >= 15 is 0 Å². The van der Waals surface area contributed by atoms with Gasteiger partial charge in [-0.15, -0.1) is 0 Å². The molecule has 0 aliphatic carbocycles. The minimum atomic E-state index is -0.932. The van der Waals surface area contributed by atoms with Crippen LogP contribution in [0.2, 0.25) is 0 Å². The normalized spacial score (nSPS) is 10.7. The minimum absolute atomic E-state index is 0.132. The zero-order valence-corrected chi connectivity index (χ0v) is 10.2. The molecule has 2 aromatic rings. The van der Waals surface area contributed by atoms with Crippen LogP contribution in [0, 0.1) is 23.3 Å². The maximum atomic E-state index is 13.2. The van der Waals surface area contributed by atoms with Gasteiger partial charge in [0.2, 0.25) is 0 Å². The standard InChI is InChI=1S/C12H8F4N2S/c13-7-1-5(2-8(14)11(7)17)19-6-3-9(15)12(18)10(16)4-6/h1-4H,17-18H2. The van der Waals surface area contributed by atoms with E-state index in [0.717, 1.165) is 36.0 Å². The molecule has 19 heavy (non-hydrogen) atoms.